The number of anilines is 1. The number of carbonyl (C=O) groups excluding carboxylic acids is 1. The van der Waals surface area contributed by atoms with Crippen LogP contribution in [0.1, 0.15) is 34.2 Å². The number of hydrogen-bond acceptors (Lipinski definition) is 6. The molecule has 0 radical (unpaired) electrons. The molecule has 0 N–H and O–H groups in total. The van der Waals surface area contributed by atoms with Crippen LogP contribution in [0.15, 0.2) is 71.4 Å². The van der Waals surface area contributed by atoms with E-state index >= 15 is 0 Å². The van der Waals surface area contributed by atoms with E-state index in [4.69, 9.17) is 9.26 Å². The highest BCUT2D eigenvalue weighted by molar-refractivity contribution is 6.14. The molecule has 0 aliphatic carbocycles. The van der Waals surface area contributed by atoms with Crippen molar-refractivity contribution < 1.29 is 14.1 Å². The largest absolute Gasteiger partial charge is 0.497 e. The van der Waals surface area contributed by atoms with E-state index in [1.165, 1.54) is 0 Å². The molecule has 0 unspecified atom stereocenters. The van der Waals surface area contributed by atoms with E-state index in [1.54, 1.807) is 12.0 Å². The third-order valence-electron chi connectivity index (χ3n) is 6.25. The summed E-state index contributed by atoms with van der Waals surface area (Å²) in [5.41, 5.74) is 5.55. The van der Waals surface area contributed by atoms with E-state index < -0.39 is 0 Å². The van der Waals surface area contributed by atoms with Gasteiger partial charge in [0, 0.05) is 29.6 Å². The number of aromatic nitrogens is 4. The molecule has 36 heavy (non-hydrogen) atoms. The van der Waals surface area contributed by atoms with Gasteiger partial charge >= 0.3 is 0 Å². The van der Waals surface area contributed by atoms with E-state index in [0.29, 0.717) is 34.6 Å². The Balaban J connectivity index is 1.64. The van der Waals surface area contributed by atoms with Gasteiger partial charge in [-0.25, -0.2) is 4.98 Å². The summed E-state index contributed by atoms with van der Waals surface area (Å²) in [5.74, 6) is 0.572. The van der Waals surface area contributed by atoms with Gasteiger partial charge < -0.3 is 14.2 Å². The molecule has 0 aliphatic heterocycles. The maximum absolute atomic E-state index is 14.3. The number of amides is 1. The van der Waals surface area contributed by atoms with Crippen LogP contribution in [0.3, 0.4) is 0 Å². The number of hydrogen-bond donors (Lipinski definition) is 0. The Bertz CT molecular complexity index is 1520. The van der Waals surface area contributed by atoms with Crippen LogP contribution in [0.4, 0.5) is 5.69 Å². The van der Waals surface area contributed by atoms with Gasteiger partial charge in [0.25, 0.3) is 11.6 Å². The van der Waals surface area contributed by atoms with E-state index in [-0.39, 0.29) is 5.91 Å². The number of methoxy groups -OCH3 is 1. The van der Waals surface area contributed by atoms with Gasteiger partial charge in [-0.05, 0) is 63.2 Å². The summed E-state index contributed by atoms with van der Waals surface area (Å²) in [6, 6.07) is 19.0. The van der Waals surface area contributed by atoms with Crippen molar-refractivity contribution in [3.8, 4) is 17.0 Å². The Labute approximate surface area is 209 Å². The lowest BCUT2D eigenvalue weighted by molar-refractivity contribution is 0.0986. The molecule has 3 aromatic heterocycles. The molecular formula is C28H27N5O3. The molecule has 5 aromatic rings. The number of aryl methyl sites for hydroxylation is 3. The second-order valence-corrected chi connectivity index (χ2v) is 8.55. The summed E-state index contributed by atoms with van der Waals surface area (Å²) in [7, 11) is 1.62. The summed E-state index contributed by atoms with van der Waals surface area (Å²) in [6.07, 6.45) is 1.99. The van der Waals surface area contributed by atoms with Crippen LogP contribution < -0.4 is 9.64 Å². The Morgan fingerprint density at radius 3 is 2.47 bits per heavy atom. The Hall–Kier alpha value is -4.46. The molecule has 0 spiro atoms. The quantitative estimate of drug-likeness (QED) is 0.302. The van der Waals surface area contributed by atoms with Crippen LogP contribution in [0.25, 0.3) is 22.4 Å². The van der Waals surface area contributed by atoms with E-state index in [9.17, 15) is 4.79 Å². The summed E-state index contributed by atoms with van der Waals surface area (Å²) in [6.45, 7) is 6.96. The average Bonchev–Trinajstić information content (AvgIpc) is 3.48. The van der Waals surface area contributed by atoms with Crippen LogP contribution in [-0.4, -0.2) is 32.9 Å². The average molecular weight is 482 g/mol. The highest BCUT2D eigenvalue weighted by atomic mass is 16.5. The fourth-order valence-corrected chi connectivity index (χ4v) is 4.25. The van der Waals surface area contributed by atoms with E-state index in [0.717, 1.165) is 34.8 Å². The maximum atomic E-state index is 14.3. The zero-order valence-electron chi connectivity index (χ0n) is 20.7. The number of carbonyl (C=O) groups is 1. The van der Waals surface area contributed by atoms with Crippen LogP contribution in [-0.2, 0) is 13.1 Å². The van der Waals surface area contributed by atoms with Crippen molar-refractivity contribution in [1.82, 2.24) is 19.9 Å². The number of ether oxygens (including phenoxy) is 1. The Morgan fingerprint density at radius 1 is 1.06 bits per heavy atom. The van der Waals surface area contributed by atoms with E-state index in [2.05, 4.69) is 15.2 Å². The first kappa shape index (κ1) is 23.3. The first-order chi connectivity index (χ1) is 17.5. The Kier molecular flexibility index (Phi) is 6.25. The molecular weight excluding hydrogens is 454 g/mol. The molecule has 0 atom stereocenters. The van der Waals surface area contributed by atoms with Gasteiger partial charge in [-0.15, -0.1) is 0 Å². The van der Waals surface area contributed by atoms with Crippen molar-refractivity contribution in [1.29, 1.82) is 0 Å². The first-order valence-corrected chi connectivity index (χ1v) is 11.8. The molecule has 0 fully saturated rings. The Morgan fingerprint density at radius 2 is 1.81 bits per heavy atom. The van der Waals surface area contributed by atoms with Gasteiger partial charge in [0.1, 0.15) is 5.75 Å². The standard InChI is InChI=1S/C28H27N5O3/c1-5-32-16-21(18(2)30-32)17-33(22-9-7-6-8-10-22)28(34)24-15-25(20-11-13-23(35-4)14-12-20)29-27-26(24)19(3)31-36-27/h6-16H,5,17H2,1-4H3. The minimum absolute atomic E-state index is 0.168. The lowest BCUT2D eigenvalue weighted by atomic mass is 10.0. The van der Waals surface area contributed by atoms with Crippen LogP contribution in [0.5, 0.6) is 5.75 Å². The van der Waals surface area contributed by atoms with Crippen LogP contribution in [0.2, 0.25) is 0 Å². The zero-order valence-corrected chi connectivity index (χ0v) is 20.7. The highest BCUT2D eigenvalue weighted by Gasteiger charge is 2.26. The lowest BCUT2D eigenvalue weighted by Crippen LogP contribution is -2.31. The fourth-order valence-electron chi connectivity index (χ4n) is 4.25. The third-order valence-corrected chi connectivity index (χ3v) is 6.25. The second kappa shape index (κ2) is 9.65. The molecule has 2 aromatic carbocycles. The number of rotatable bonds is 7. The summed E-state index contributed by atoms with van der Waals surface area (Å²) in [4.78, 5) is 20.7. The van der Waals surface area contributed by atoms with Gasteiger partial charge in [0.15, 0.2) is 0 Å². The van der Waals surface area contributed by atoms with Crippen molar-refractivity contribution in [3.05, 3.63) is 89.4 Å². The van der Waals surface area contributed by atoms with Crippen molar-refractivity contribution in [3.63, 3.8) is 0 Å². The highest BCUT2D eigenvalue weighted by Crippen LogP contribution is 2.31. The molecule has 182 valence electrons. The molecule has 0 saturated carbocycles. The topological polar surface area (TPSA) is 86.3 Å². The summed E-state index contributed by atoms with van der Waals surface area (Å²) >= 11 is 0. The second-order valence-electron chi connectivity index (χ2n) is 8.55. The van der Waals surface area contributed by atoms with Gasteiger partial charge in [-0.1, -0.05) is 23.4 Å². The summed E-state index contributed by atoms with van der Waals surface area (Å²) < 4.78 is 12.7. The van der Waals surface area contributed by atoms with Crippen LogP contribution in [0, 0.1) is 13.8 Å². The number of benzene rings is 2. The van der Waals surface area contributed by atoms with Gasteiger partial charge in [-0.2, -0.15) is 5.10 Å². The summed E-state index contributed by atoms with van der Waals surface area (Å²) in [5, 5.41) is 9.28. The van der Waals surface area contributed by atoms with Crippen molar-refractivity contribution in [2.45, 2.75) is 33.9 Å². The smallest absolute Gasteiger partial charge is 0.259 e. The molecule has 3 heterocycles. The van der Waals surface area contributed by atoms with Crippen molar-refractivity contribution in [2.24, 2.45) is 0 Å². The fraction of sp³-hybridized carbons (Fsp3) is 0.214. The van der Waals surface area contributed by atoms with Crippen LogP contribution >= 0.6 is 0 Å². The molecule has 8 heteroatoms. The monoisotopic (exact) mass is 481 g/mol. The third kappa shape index (κ3) is 4.33. The van der Waals surface area contributed by atoms with Gasteiger partial charge in [0.05, 0.1) is 41.7 Å². The number of pyridine rings is 1. The molecule has 0 bridgehead atoms. The predicted molar refractivity (Wildman–Crippen MR) is 138 cm³/mol. The first-order valence-electron chi connectivity index (χ1n) is 11.8. The zero-order chi connectivity index (χ0) is 25.2. The number of fused-ring (bicyclic) bond motifs is 1. The van der Waals surface area contributed by atoms with Gasteiger partial charge in [-0.3, -0.25) is 9.48 Å². The predicted octanol–water partition coefficient (Wildman–Crippen LogP) is 5.58. The number of para-hydroxylation sites is 1. The molecule has 8 nitrogen and oxygen atoms in total. The molecule has 0 aliphatic rings. The molecule has 0 saturated heterocycles. The van der Waals surface area contributed by atoms with Crippen molar-refractivity contribution in [2.75, 3.05) is 12.0 Å². The maximum Gasteiger partial charge on any atom is 0.259 e. The normalized spacial score (nSPS) is 11.1. The van der Waals surface area contributed by atoms with Gasteiger partial charge in [0.2, 0.25) is 0 Å². The molecule has 1 amide bonds. The SMILES string of the molecule is CCn1cc(CN(C(=O)c2cc(-c3ccc(OC)cc3)nc3onc(C)c23)c2ccccc2)c(C)n1. The molecule has 5 rings (SSSR count). The van der Waals surface area contributed by atoms with Crippen molar-refractivity contribution >= 4 is 22.7 Å². The number of nitrogens with zero attached hydrogens (tertiary/aromatic N) is 5. The lowest BCUT2D eigenvalue weighted by Gasteiger charge is -2.23. The van der Waals surface area contributed by atoms with E-state index in [1.807, 2.05) is 92.3 Å². The minimum Gasteiger partial charge on any atom is -0.497 e. The minimum atomic E-state index is -0.168.